The van der Waals surface area contributed by atoms with E-state index in [-0.39, 0.29) is 17.1 Å². The largest absolute Gasteiger partial charge is 0.326 e. The summed E-state index contributed by atoms with van der Waals surface area (Å²) in [6, 6.07) is 7.11. The van der Waals surface area contributed by atoms with Gasteiger partial charge in [-0.15, -0.1) is 0 Å². The summed E-state index contributed by atoms with van der Waals surface area (Å²) in [7, 11) is 0. The Balaban J connectivity index is 2.14. The summed E-state index contributed by atoms with van der Waals surface area (Å²) in [6.45, 7) is 5.29. The monoisotopic (exact) mass is 274 g/mol. The van der Waals surface area contributed by atoms with Crippen LogP contribution >= 0.6 is 0 Å². The van der Waals surface area contributed by atoms with Crippen LogP contribution < -0.4 is 10.6 Å². The van der Waals surface area contributed by atoms with Crippen molar-refractivity contribution in [2.24, 2.45) is 5.41 Å². The highest BCUT2D eigenvalue weighted by atomic mass is 16.2. The Morgan fingerprint density at radius 2 is 2.20 bits per heavy atom. The quantitative estimate of drug-likeness (QED) is 0.830. The van der Waals surface area contributed by atoms with Crippen LogP contribution in [0.5, 0.6) is 0 Å². The fraction of sp³-hybridized carbons (Fsp3) is 0.500. The Kier molecular flexibility index (Phi) is 4.55. The minimum Gasteiger partial charge on any atom is -0.326 e. The van der Waals surface area contributed by atoms with Crippen molar-refractivity contribution in [2.45, 2.75) is 33.1 Å². The first-order valence-electron chi connectivity index (χ1n) is 7.20. The molecule has 0 aromatic heterocycles. The average molecular weight is 274 g/mol. The lowest BCUT2D eigenvalue weighted by Crippen LogP contribution is -2.47. The van der Waals surface area contributed by atoms with Crippen LogP contribution in [0.2, 0.25) is 0 Å². The lowest BCUT2D eigenvalue weighted by Gasteiger charge is -2.35. The number of rotatable bonds is 4. The normalized spacial score (nSPS) is 22.3. The third-order valence-corrected chi connectivity index (χ3v) is 4.16. The summed E-state index contributed by atoms with van der Waals surface area (Å²) in [5.41, 5.74) is 0.987. The van der Waals surface area contributed by atoms with Crippen LogP contribution in [0.1, 0.15) is 43.5 Å². The van der Waals surface area contributed by atoms with Crippen molar-refractivity contribution in [3.63, 3.8) is 0 Å². The number of ketones is 1. The van der Waals surface area contributed by atoms with E-state index in [0.29, 0.717) is 11.3 Å². The van der Waals surface area contributed by atoms with Gasteiger partial charge in [0.1, 0.15) is 0 Å². The SMILES string of the molecule is CCC1(C(=O)Nc2cccc(C(C)=O)c2)CCCNC1. The zero-order valence-electron chi connectivity index (χ0n) is 12.2. The number of piperidine rings is 1. The summed E-state index contributed by atoms with van der Waals surface area (Å²) in [4.78, 5) is 23.9. The maximum absolute atomic E-state index is 12.6. The molecule has 1 heterocycles. The van der Waals surface area contributed by atoms with Crippen molar-refractivity contribution in [2.75, 3.05) is 18.4 Å². The highest BCUT2D eigenvalue weighted by molar-refractivity contribution is 5.98. The number of amides is 1. The second-order valence-corrected chi connectivity index (χ2v) is 5.51. The topological polar surface area (TPSA) is 58.2 Å². The maximum atomic E-state index is 12.6. The molecule has 108 valence electrons. The number of benzene rings is 1. The van der Waals surface area contributed by atoms with Gasteiger partial charge >= 0.3 is 0 Å². The Hall–Kier alpha value is -1.68. The molecule has 1 aliphatic rings. The molecule has 4 heteroatoms. The van der Waals surface area contributed by atoms with E-state index in [9.17, 15) is 9.59 Å². The van der Waals surface area contributed by atoms with Crippen LogP contribution in [0.25, 0.3) is 0 Å². The fourth-order valence-corrected chi connectivity index (χ4v) is 2.70. The van der Waals surface area contributed by atoms with Crippen molar-refractivity contribution >= 4 is 17.4 Å². The standard InChI is InChI=1S/C16H22N2O2/c1-3-16(8-5-9-17-11-16)15(20)18-14-7-4-6-13(10-14)12(2)19/h4,6-7,10,17H,3,5,8-9,11H2,1-2H3,(H,18,20). The van der Waals surface area contributed by atoms with Gasteiger partial charge < -0.3 is 10.6 Å². The minimum absolute atomic E-state index is 0.00522. The molecule has 0 spiro atoms. The first-order valence-corrected chi connectivity index (χ1v) is 7.20. The van der Waals surface area contributed by atoms with Crippen molar-refractivity contribution in [1.29, 1.82) is 0 Å². The van der Waals surface area contributed by atoms with Crippen LogP contribution in [0.3, 0.4) is 0 Å². The highest BCUT2D eigenvalue weighted by Gasteiger charge is 2.37. The van der Waals surface area contributed by atoms with E-state index in [2.05, 4.69) is 17.6 Å². The molecule has 2 N–H and O–H groups in total. The minimum atomic E-state index is -0.329. The van der Waals surface area contributed by atoms with E-state index in [0.717, 1.165) is 32.4 Å². The summed E-state index contributed by atoms with van der Waals surface area (Å²) in [6.07, 6.45) is 2.75. The fourth-order valence-electron chi connectivity index (χ4n) is 2.70. The molecule has 0 saturated carbocycles. The van der Waals surface area contributed by atoms with E-state index in [4.69, 9.17) is 0 Å². The van der Waals surface area contributed by atoms with Crippen LogP contribution in [0.15, 0.2) is 24.3 Å². The number of hydrogen-bond acceptors (Lipinski definition) is 3. The molecular weight excluding hydrogens is 252 g/mol. The predicted molar refractivity (Wildman–Crippen MR) is 79.9 cm³/mol. The first kappa shape index (κ1) is 14.7. The van der Waals surface area contributed by atoms with Crippen LogP contribution in [0.4, 0.5) is 5.69 Å². The lowest BCUT2D eigenvalue weighted by molar-refractivity contribution is -0.126. The zero-order chi connectivity index (χ0) is 14.6. The third-order valence-electron chi connectivity index (χ3n) is 4.16. The zero-order valence-corrected chi connectivity index (χ0v) is 12.2. The number of hydrogen-bond donors (Lipinski definition) is 2. The first-order chi connectivity index (χ1) is 9.57. The smallest absolute Gasteiger partial charge is 0.231 e. The molecule has 1 atom stereocenters. The Morgan fingerprint density at radius 1 is 1.40 bits per heavy atom. The molecule has 2 rings (SSSR count). The van der Waals surface area contributed by atoms with Gasteiger partial charge in [-0.1, -0.05) is 19.1 Å². The third kappa shape index (κ3) is 3.07. The lowest BCUT2D eigenvalue weighted by atomic mass is 9.77. The summed E-state index contributed by atoms with van der Waals surface area (Å²) >= 11 is 0. The van der Waals surface area contributed by atoms with Gasteiger partial charge in [0.2, 0.25) is 5.91 Å². The number of carbonyl (C=O) groups excluding carboxylic acids is 2. The van der Waals surface area contributed by atoms with E-state index in [1.807, 2.05) is 6.07 Å². The van der Waals surface area contributed by atoms with Gasteiger partial charge in [-0.05, 0) is 44.9 Å². The number of Topliss-reactive ketones (excluding diaryl/α,β-unsaturated/α-hetero) is 1. The highest BCUT2D eigenvalue weighted by Crippen LogP contribution is 2.31. The second kappa shape index (κ2) is 6.18. The number of nitrogens with one attached hydrogen (secondary N) is 2. The van der Waals surface area contributed by atoms with Gasteiger partial charge in [0.05, 0.1) is 5.41 Å². The summed E-state index contributed by atoms with van der Waals surface area (Å²) in [5, 5.41) is 6.28. The van der Waals surface area contributed by atoms with Crippen molar-refractivity contribution < 1.29 is 9.59 Å². The van der Waals surface area contributed by atoms with Gasteiger partial charge in [-0.2, -0.15) is 0 Å². The van der Waals surface area contributed by atoms with E-state index >= 15 is 0 Å². The molecule has 0 aliphatic carbocycles. The molecular formula is C16H22N2O2. The molecule has 1 aromatic rings. The molecule has 1 aromatic carbocycles. The molecule has 1 amide bonds. The van der Waals surface area contributed by atoms with E-state index in [1.165, 1.54) is 6.92 Å². The Bertz CT molecular complexity index is 505. The van der Waals surface area contributed by atoms with Crippen LogP contribution in [0, 0.1) is 5.41 Å². The van der Waals surface area contributed by atoms with Crippen molar-refractivity contribution in [3.8, 4) is 0 Å². The van der Waals surface area contributed by atoms with E-state index in [1.54, 1.807) is 18.2 Å². The van der Waals surface area contributed by atoms with Gasteiger partial charge in [0.25, 0.3) is 0 Å². The second-order valence-electron chi connectivity index (χ2n) is 5.51. The summed E-state index contributed by atoms with van der Waals surface area (Å²) < 4.78 is 0. The molecule has 20 heavy (non-hydrogen) atoms. The average Bonchev–Trinajstić information content (AvgIpc) is 2.48. The predicted octanol–water partition coefficient (Wildman–Crippen LogP) is 2.61. The Morgan fingerprint density at radius 3 is 2.80 bits per heavy atom. The molecule has 1 aliphatic heterocycles. The molecule has 0 bridgehead atoms. The van der Waals surface area contributed by atoms with Gasteiger partial charge in [0.15, 0.2) is 5.78 Å². The van der Waals surface area contributed by atoms with Crippen molar-refractivity contribution in [3.05, 3.63) is 29.8 Å². The van der Waals surface area contributed by atoms with Crippen molar-refractivity contribution in [1.82, 2.24) is 5.32 Å². The molecule has 1 saturated heterocycles. The summed E-state index contributed by atoms with van der Waals surface area (Å²) in [5.74, 6) is 0.0542. The number of anilines is 1. The van der Waals surface area contributed by atoms with Crippen LogP contribution in [-0.4, -0.2) is 24.8 Å². The van der Waals surface area contributed by atoms with E-state index < -0.39 is 0 Å². The maximum Gasteiger partial charge on any atom is 0.231 e. The molecule has 1 unspecified atom stereocenters. The van der Waals surface area contributed by atoms with Gasteiger partial charge in [-0.3, -0.25) is 9.59 Å². The van der Waals surface area contributed by atoms with Gasteiger partial charge in [0, 0.05) is 17.8 Å². The molecule has 4 nitrogen and oxygen atoms in total. The van der Waals surface area contributed by atoms with Gasteiger partial charge in [-0.25, -0.2) is 0 Å². The Labute approximate surface area is 119 Å². The molecule has 0 radical (unpaired) electrons. The van der Waals surface area contributed by atoms with Crippen LogP contribution in [-0.2, 0) is 4.79 Å². The number of carbonyl (C=O) groups is 2. The molecule has 1 fully saturated rings.